The fraction of sp³-hybridized carbons (Fsp3) is 0.714. The Morgan fingerprint density at radius 1 is 1.00 bits per heavy atom. The number of aromatic nitrogens is 3. The number of ether oxygens (including phenoxy) is 6. The highest BCUT2D eigenvalue weighted by atomic mass is 16.7. The zero-order valence-corrected chi connectivity index (χ0v) is 20.8. The van der Waals surface area contributed by atoms with Gasteiger partial charge in [-0.2, -0.15) is 0 Å². The Bertz CT molecular complexity index is 912. The average Bonchev–Trinajstić information content (AvgIpc) is 3.15. The van der Waals surface area contributed by atoms with E-state index in [0.29, 0.717) is 5.69 Å². The summed E-state index contributed by atoms with van der Waals surface area (Å²) in [5.74, 6) is -2.02. The van der Waals surface area contributed by atoms with Crippen LogP contribution in [0, 0.1) is 0 Å². The molecule has 1 N–H and O–H groups in total. The van der Waals surface area contributed by atoms with E-state index in [9.17, 15) is 19.2 Å². The van der Waals surface area contributed by atoms with E-state index in [1.807, 2.05) is 0 Å². The first-order valence-corrected chi connectivity index (χ1v) is 10.8. The van der Waals surface area contributed by atoms with Crippen LogP contribution in [-0.2, 0) is 55.9 Å². The largest absolute Gasteiger partial charge is 0.456 e. The monoisotopic (exact) mass is 500 g/mol. The number of carbonyl (C=O) groups is 4. The zero-order chi connectivity index (χ0) is 26.3. The van der Waals surface area contributed by atoms with Gasteiger partial charge >= 0.3 is 24.0 Å². The number of methoxy groups -OCH3 is 1. The first-order valence-electron chi connectivity index (χ1n) is 10.8. The normalized spacial score (nSPS) is 24.3. The summed E-state index contributed by atoms with van der Waals surface area (Å²) in [6.07, 6.45) is -4.66. The molecule has 0 bridgehead atoms. The van der Waals surface area contributed by atoms with Crippen molar-refractivity contribution in [1.29, 1.82) is 0 Å². The molecule has 1 aliphatic rings. The molecule has 1 saturated heterocycles. The van der Waals surface area contributed by atoms with Crippen LogP contribution < -0.4 is 5.32 Å². The van der Waals surface area contributed by atoms with Crippen LogP contribution in [0.15, 0.2) is 6.20 Å². The Morgan fingerprint density at radius 2 is 1.57 bits per heavy atom. The maximum absolute atomic E-state index is 11.9. The summed E-state index contributed by atoms with van der Waals surface area (Å²) in [4.78, 5) is 47.1. The molecule has 0 saturated carbocycles. The molecular weight excluding hydrogens is 468 g/mol. The fourth-order valence-electron chi connectivity index (χ4n) is 3.36. The smallest absolute Gasteiger partial charge is 0.407 e. The quantitative estimate of drug-likeness (QED) is 0.388. The Labute approximate surface area is 202 Å². The van der Waals surface area contributed by atoms with Crippen LogP contribution in [-0.4, -0.2) is 82.4 Å². The van der Waals surface area contributed by atoms with Gasteiger partial charge < -0.3 is 33.7 Å². The predicted octanol–water partition coefficient (Wildman–Crippen LogP) is 0.469. The van der Waals surface area contributed by atoms with Crippen molar-refractivity contribution in [2.75, 3.05) is 7.11 Å². The second-order valence-corrected chi connectivity index (χ2v) is 8.79. The van der Waals surface area contributed by atoms with Crippen LogP contribution >= 0.6 is 0 Å². The maximum Gasteiger partial charge on any atom is 0.407 e. The highest BCUT2D eigenvalue weighted by Gasteiger charge is 2.52. The number of hydrogen-bond acceptors (Lipinski definition) is 12. The van der Waals surface area contributed by atoms with E-state index in [4.69, 9.17) is 28.4 Å². The molecule has 1 fully saturated rings. The summed E-state index contributed by atoms with van der Waals surface area (Å²) in [7, 11) is 1.32. The predicted molar refractivity (Wildman–Crippen MR) is 115 cm³/mol. The van der Waals surface area contributed by atoms with Gasteiger partial charge in [0.15, 0.2) is 24.6 Å². The SMILES string of the molecule is CO[C@H]1O[C@H](Cn2cc(CNC(=O)OC(C)(C)C)nn2)[C@@H](OC(C)=O)[C@H](OC(C)=O)[C@H]1OC(C)=O. The number of nitrogens with one attached hydrogen (secondary N) is 1. The third kappa shape index (κ3) is 8.79. The number of alkyl carbamates (subject to hydrolysis) is 1. The third-order valence-electron chi connectivity index (χ3n) is 4.50. The van der Waals surface area contributed by atoms with Crippen molar-refractivity contribution in [1.82, 2.24) is 20.3 Å². The number of esters is 3. The second kappa shape index (κ2) is 11.9. The maximum atomic E-state index is 11.9. The van der Waals surface area contributed by atoms with E-state index in [1.54, 1.807) is 27.0 Å². The van der Waals surface area contributed by atoms with E-state index < -0.39 is 60.3 Å². The lowest BCUT2D eigenvalue weighted by Crippen LogP contribution is -2.62. The molecular formula is C21H32N4O10. The number of nitrogens with zero attached hydrogens (tertiary/aromatic N) is 3. The lowest BCUT2D eigenvalue weighted by Gasteiger charge is -2.43. The van der Waals surface area contributed by atoms with Crippen molar-refractivity contribution in [2.45, 2.75) is 90.9 Å². The Balaban J connectivity index is 2.21. The third-order valence-corrected chi connectivity index (χ3v) is 4.50. The molecule has 14 heteroatoms. The lowest BCUT2D eigenvalue weighted by atomic mass is 9.97. The minimum Gasteiger partial charge on any atom is -0.456 e. The summed E-state index contributed by atoms with van der Waals surface area (Å²) < 4.78 is 33.8. The Hall–Kier alpha value is -3.26. The molecule has 1 amide bonds. The number of amides is 1. The van der Waals surface area contributed by atoms with E-state index in [-0.39, 0.29) is 13.1 Å². The molecule has 0 aromatic carbocycles. The van der Waals surface area contributed by atoms with E-state index in [2.05, 4.69) is 15.6 Å². The average molecular weight is 501 g/mol. The van der Waals surface area contributed by atoms with Gasteiger partial charge in [-0.3, -0.25) is 14.4 Å². The van der Waals surface area contributed by atoms with Crippen molar-refractivity contribution >= 4 is 24.0 Å². The highest BCUT2D eigenvalue weighted by Crippen LogP contribution is 2.30. The number of carbonyl (C=O) groups excluding carboxylic acids is 4. The van der Waals surface area contributed by atoms with Gasteiger partial charge in [-0.25, -0.2) is 9.48 Å². The van der Waals surface area contributed by atoms with Gasteiger partial charge in [0.25, 0.3) is 0 Å². The summed E-state index contributed by atoms with van der Waals surface area (Å²) in [6, 6.07) is 0. The summed E-state index contributed by atoms with van der Waals surface area (Å²) >= 11 is 0. The van der Waals surface area contributed by atoms with Crippen molar-refractivity contribution < 1.29 is 47.6 Å². The molecule has 2 heterocycles. The molecule has 196 valence electrons. The number of hydrogen-bond donors (Lipinski definition) is 1. The first-order chi connectivity index (χ1) is 16.3. The molecule has 0 spiro atoms. The van der Waals surface area contributed by atoms with Gasteiger partial charge in [-0.15, -0.1) is 5.10 Å². The minimum atomic E-state index is -1.21. The summed E-state index contributed by atoms with van der Waals surface area (Å²) in [5.41, 5.74) is -0.222. The van der Waals surface area contributed by atoms with Crippen LogP contribution in [0.4, 0.5) is 4.79 Å². The van der Waals surface area contributed by atoms with Gasteiger partial charge in [0.05, 0.1) is 19.3 Å². The summed E-state index contributed by atoms with van der Waals surface area (Å²) in [6.45, 7) is 8.82. The van der Waals surface area contributed by atoms with Crippen LogP contribution in [0.3, 0.4) is 0 Å². The Morgan fingerprint density at radius 3 is 2.11 bits per heavy atom. The molecule has 14 nitrogen and oxygen atoms in total. The van der Waals surface area contributed by atoms with Gasteiger partial charge in [0.1, 0.15) is 17.4 Å². The van der Waals surface area contributed by atoms with E-state index >= 15 is 0 Å². The fourth-order valence-corrected chi connectivity index (χ4v) is 3.36. The second-order valence-electron chi connectivity index (χ2n) is 8.79. The molecule has 1 aliphatic heterocycles. The summed E-state index contributed by atoms with van der Waals surface area (Å²) in [5, 5.41) is 10.6. The van der Waals surface area contributed by atoms with Crippen LogP contribution in [0.25, 0.3) is 0 Å². The molecule has 35 heavy (non-hydrogen) atoms. The van der Waals surface area contributed by atoms with Crippen molar-refractivity contribution in [3.63, 3.8) is 0 Å². The topological polar surface area (TPSA) is 166 Å². The standard InChI is InChI=1S/C21H32N4O10/c1-11(26)31-16-15(34-19(30-7)18(33-13(3)28)17(16)32-12(2)27)10-25-9-14(23-24-25)8-22-20(29)35-21(4,5)6/h9,15-19H,8,10H2,1-7H3,(H,22,29)/t15-,16-,17+,18-,19+/m1/s1. The van der Waals surface area contributed by atoms with Crippen LogP contribution in [0.1, 0.15) is 47.2 Å². The molecule has 5 atom stereocenters. The van der Waals surface area contributed by atoms with E-state index in [1.165, 1.54) is 32.6 Å². The van der Waals surface area contributed by atoms with Crippen molar-refractivity contribution in [3.05, 3.63) is 11.9 Å². The van der Waals surface area contributed by atoms with Crippen molar-refractivity contribution in [3.8, 4) is 0 Å². The molecule has 0 aliphatic carbocycles. The minimum absolute atomic E-state index is 0.00179. The molecule has 0 unspecified atom stereocenters. The van der Waals surface area contributed by atoms with Crippen LogP contribution in [0.5, 0.6) is 0 Å². The Kier molecular flexibility index (Phi) is 9.54. The molecule has 0 radical (unpaired) electrons. The van der Waals surface area contributed by atoms with Crippen molar-refractivity contribution in [2.24, 2.45) is 0 Å². The van der Waals surface area contributed by atoms with Gasteiger partial charge in [-0.05, 0) is 20.8 Å². The zero-order valence-electron chi connectivity index (χ0n) is 20.8. The molecule has 1 aromatic rings. The van der Waals surface area contributed by atoms with Gasteiger partial charge in [0, 0.05) is 27.9 Å². The molecule has 1 aromatic heterocycles. The van der Waals surface area contributed by atoms with Gasteiger partial charge in [0.2, 0.25) is 0 Å². The van der Waals surface area contributed by atoms with Gasteiger partial charge in [-0.1, -0.05) is 5.21 Å². The highest BCUT2D eigenvalue weighted by molar-refractivity contribution is 5.68. The number of rotatable bonds is 8. The van der Waals surface area contributed by atoms with Crippen LogP contribution in [0.2, 0.25) is 0 Å². The first kappa shape index (κ1) is 28.0. The lowest BCUT2D eigenvalue weighted by molar-refractivity contribution is -0.300. The van der Waals surface area contributed by atoms with E-state index in [0.717, 1.165) is 0 Å². The molecule has 2 rings (SSSR count).